The number of carbonyl (C=O) groups excluding carboxylic acids is 1. The number of nitrogens with two attached hydrogens (primary N) is 1. The van der Waals surface area contributed by atoms with E-state index in [2.05, 4.69) is 15.8 Å². The van der Waals surface area contributed by atoms with E-state index in [1.165, 1.54) is 0 Å². The number of amidine groups is 1. The van der Waals surface area contributed by atoms with Gasteiger partial charge in [-0.15, -0.1) is 0 Å². The van der Waals surface area contributed by atoms with Crippen LogP contribution in [0.5, 0.6) is 0 Å². The predicted molar refractivity (Wildman–Crippen MR) is 78.5 cm³/mol. The Morgan fingerprint density at radius 2 is 1.91 bits per heavy atom. The first-order valence-electron chi connectivity index (χ1n) is 6.39. The van der Waals surface area contributed by atoms with Crippen molar-refractivity contribution < 1.29 is 24.6 Å². The number of oxime groups is 1. The number of alkyl carbamates (subject to hydrolysis) is 1. The summed E-state index contributed by atoms with van der Waals surface area (Å²) in [5.74, 6) is 0.00810. The van der Waals surface area contributed by atoms with Gasteiger partial charge in [-0.2, -0.15) is 5.26 Å². The van der Waals surface area contributed by atoms with Gasteiger partial charge in [0.2, 0.25) is 0 Å². The molecule has 0 heterocycles. The Bertz CT molecular complexity index is 411. The summed E-state index contributed by atoms with van der Waals surface area (Å²) in [5, 5.41) is 31.4. The lowest BCUT2D eigenvalue weighted by molar-refractivity contribution is 0.0529. The molecule has 0 aliphatic carbocycles. The molecule has 0 aliphatic rings. The predicted octanol–water partition coefficient (Wildman–Crippen LogP) is 0.815. The van der Waals surface area contributed by atoms with Crippen molar-refractivity contribution in [1.82, 2.24) is 10.6 Å². The van der Waals surface area contributed by atoms with Crippen molar-refractivity contribution in [1.29, 1.82) is 5.26 Å². The van der Waals surface area contributed by atoms with Crippen molar-refractivity contribution in [3.05, 3.63) is 0 Å². The molecular formula is C12H23N5O5. The molecule has 0 aliphatic heterocycles. The van der Waals surface area contributed by atoms with E-state index in [1.54, 1.807) is 20.8 Å². The second-order valence-corrected chi connectivity index (χ2v) is 4.91. The van der Waals surface area contributed by atoms with E-state index in [4.69, 9.17) is 26.0 Å². The van der Waals surface area contributed by atoms with Gasteiger partial charge in [-0.25, -0.2) is 9.59 Å². The number of nitrogens with zero attached hydrogens (tertiary/aromatic N) is 2. The largest absolute Gasteiger partial charge is 0.465 e. The maximum atomic E-state index is 10.9. The molecule has 10 nitrogen and oxygen atoms in total. The van der Waals surface area contributed by atoms with Crippen LogP contribution < -0.4 is 16.4 Å². The highest BCUT2D eigenvalue weighted by Crippen LogP contribution is 2.05. The first-order valence-corrected chi connectivity index (χ1v) is 6.39. The third kappa shape index (κ3) is 19.6. The second-order valence-electron chi connectivity index (χ2n) is 4.91. The molecule has 2 amide bonds. The van der Waals surface area contributed by atoms with Crippen LogP contribution in [0.3, 0.4) is 0 Å². The van der Waals surface area contributed by atoms with Gasteiger partial charge in [0.05, 0.1) is 12.5 Å². The molecule has 0 spiro atoms. The van der Waals surface area contributed by atoms with Crippen LogP contribution in [-0.4, -0.2) is 47.0 Å². The Kier molecular flexibility index (Phi) is 11.9. The monoisotopic (exact) mass is 317 g/mol. The average molecular weight is 317 g/mol. The molecule has 126 valence electrons. The Labute approximate surface area is 128 Å². The molecule has 0 aromatic carbocycles. The number of rotatable bonds is 5. The minimum absolute atomic E-state index is 0.00810. The van der Waals surface area contributed by atoms with Gasteiger partial charge in [0.25, 0.3) is 0 Å². The van der Waals surface area contributed by atoms with Gasteiger partial charge < -0.3 is 31.4 Å². The van der Waals surface area contributed by atoms with Crippen molar-refractivity contribution >= 4 is 18.0 Å². The van der Waals surface area contributed by atoms with E-state index in [0.717, 1.165) is 0 Å². The SMILES string of the molecule is CC(C)(C)OC(=O)NCCC#N.N/C(CCNC(=O)O)=N/O. The molecule has 0 atom stereocenters. The van der Waals surface area contributed by atoms with E-state index < -0.39 is 17.8 Å². The second kappa shape index (κ2) is 12.1. The fourth-order valence-electron chi connectivity index (χ4n) is 0.882. The first kappa shape index (κ1) is 21.6. The van der Waals surface area contributed by atoms with E-state index in [9.17, 15) is 9.59 Å². The number of hydrogen-bond donors (Lipinski definition) is 5. The summed E-state index contributed by atoms with van der Waals surface area (Å²) in [6, 6.07) is 1.92. The summed E-state index contributed by atoms with van der Waals surface area (Å²) in [4.78, 5) is 20.7. The van der Waals surface area contributed by atoms with Crippen LogP contribution in [0, 0.1) is 11.3 Å². The van der Waals surface area contributed by atoms with Gasteiger partial charge in [0.1, 0.15) is 11.4 Å². The first-order chi connectivity index (χ1) is 10.1. The maximum Gasteiger partial charge on any atom is 0.407 e. The molecular weight excluding hydrogens is 294 g/mol. The van der Waals surface area contributed by atoms with Gasteiger partial charge in [-0.3, -0.25) is 0 Å². The number of carboxylic acid groups (broad SMARTS) is 1. The third-order valence-electron chi connectivity index (χ3n) is 1.69. The zero-order valence-electron chi connectivity index (χ0n) is 12.9. The smallest absolute Gasteiger partial charge is 0.407 e. The van der Waals surface area contributed by atoms with Gasteiger partial charge >= 0.3 is 12.2 Å². The molecule has 10 heteroatoms. The summed E-state index contributed by atoms with van der Waals surface area (Å²) >= 11 is 0. The van der Waals surface area contributed by atoms with Crippen LogP contribution in [0.4, 0.5) is 9.59 Å². The molecule has 0 bridgehead atoms. The zero-order chi connectivity index (χ0) is 17.6. The molecule has 22 heavy (non-hydrogen) atoms. The molecule has 0 saturated heterocycles. The van der Waals surface area contributed by atoms with Crippen molar-refractivity contribution in [2.45, 2.75) is 39.2 Å². The molecule has 0 fully saturated rings. The molecule has 0 aromatic rings. The van der Waals surface area contributed by atoms with E-state index >= 15 is 0 Å². The number of amides is 2. The minimum Gasteiger partial charge on any atom is -0.465 e. The average Bonchev–Trinajstić information content (AvgIpc) is 2.37. The number of ether oxygens (including phenoxy) is 1. The highest BCUT2D eigenvalue weighted by molar-refractivity contribution is 5.80. The Morgan fingerprint density at radius 3 is 2.32 bits per heavy atom. The fraction of sp³-hybridized carbons (Fsp3) is 0.667. The molecule has 0 radical (unpaired) electrons. The highest BCUT2D eigenvalue weighted by Gasteiger charge is 2.15. The van der Waals surface area contributed by atoms with Crippen LogP contribution in [0.1, 0.15) is 33.6 Å². The number of nitriles is 1. The summed E-state index contributed by atoms with van der Waals surface area (Å²) in [6.45, 7) is 5.86. The van der Waals surface area contributed by atoms with E-state index in [1.807, 2.05) is 6.07 Å². The fourth-order valence-corrected chi connectivity index (χ4v) is 0.882. The van der Waals surface area contributed by atoms with Crippen LogP contribution in [0.2, 0.25) is 0 Å². The summed E-state index contributed by atoms with van der Waals surface area (Å²) < 4.78 is 4.92. The maximum absolute atomic E-state index is 10.9. The number of hydrogen-bond acceptors (Lipinski definition) is 6. The van der Waals surface area contributed by atoms with Crippen molar-refractivity contribution in [3.63, 3.8) is 0 Å². The summed E-state index contributed by atoms with van der Waals surface area (Å²) in [5.41, 5.74) is 4.55. The van der Waals surface area contributed by atoms with Crippen LogP contribution in [0.25, 0.3) is 0 Å². The van der Waals surface area contributed by atoms with Gasteiger partial charge in [-0.05, 0) is 20.8 Å². The molecule has 0 aromatic heterocycles. The van der Waals surface area contributed by atoms with E-state index in [0.29, 0.717) is 13.0 Å². The molecule has 6 N–H and O–H groups in total. The Balaban J connectivity index is 0. The number of nitrogens with one attached hydrogen (secondary N) is 2. The normalized spacial score (nSPS) is 10.5. The van der Waals surface area contributed by atoms with Crippen LogP contribution in [0.15, 0.2) is 5.16 Å². The Morgan fingerprint density at radius 1 is 1.32 bits per heavy atom. The lowest BCUT2D eigenvalue weighted by Gasteiger charge is -2.19. The minimum atomic E-state index is -1.12. The quantitative estimate of drug-likeness (QED) is 0.164. The number of carbonyl (C=O) groups is 2. The van der Waals surface area contributed by atoms with Crippen molar-refractivity contribution in [2.75, 3.05) is 13.1 Å². The Hall–Kier alpha value is -2.70. The lowest BCUT2D eigenvalue weighted by Crippen LogP contribution is -2.32. The lowest BCUT2D eigenvalue weighted by atomic mass is 10.2. The van der Waals surface area contributed by atoms with Crippen molar-refractivity contribution in [2.24, 2.45) is 10.9 Å². The molecule has 0 rings (SSSR count). The highest BCUT2D eigenvalue weighted by atomic mass is 16.6. The molecule has 0 unspecified atom stereocenters. The van der Waals surface area contributed by atoms with Gasteiger partial charge in [-0.1, -0.05) is 5.16 Å². The molecule has 0 saturated carbocycles. The van der Waals surface area contributed by atoms with E-state index in [-0.39, 0.29) is 18.8 Å². The van der Waals surface area contributed by atoms with Crippen molar-refractivity contribution in [3.8, 4) is 6.07 Å². The van der Waals surface area contributed by atoms with Crippen LogP contribution in [-0.2, 0) is 4.74 Å². The third-order valence-corrected chi connectivity index (χ3v) is 1.69. The summed E-state index contributed by atoms with van der Waals surface area (Å²) in [6.07, 6.45) is -1.08. The topological polar surface area (TPSA) is 170 Å². The van der Waals surface area contributed by atoms with Crippen LogP contribution >= 0.6 is 0 Å². The summed E-state index contributed by atoms with van der Waals surface area (Å²) in [7, 11) is 0. The van der Waals surface area contributed by atoms with Gasteiger partial charge in [0.15, 0.2) is 0 Å². The zero-order valence-corrected chi connectivity index (χ0v) is 12.9. The van der Waals surface area contributed by atoms with Gasteiger partial charge in [0, 0.05) is 19.5 Å². The standard InChI is InChI=1S/C8H14N2O2.C4H9N3O3/c1-8(2,3)12-7(11)10-6-4-5-9;5-3(7-10)1-2-6-4(8)9/h4,6H2,1-3H3,(H,10,11);6,10H,1-2H2,(H2,5,7)(H,8,9).